The fraction of sp³-hybridized carbons (Fsp3) is 0. The third-order valence-electron chi connectivity index (χ3n) is 2.95. The lowest BCUT2D eigenvalue weighted by Gasteiger charge is -2.08. The molecule has 88 valence electrons. The molecule has 3 rings (SSSR count). The monoisotopic (exact) mass is 254 g/mol. The number of hydrogen-bond acceptors (Lipinski definition) is 2. The molecule has 3 heteroatoms. The van der Waals surface area contributed by atoms with Crippen LogP contribution in [0, 0.1) is 0 Å². The number of pyridine rings is 1. The van der Waals surface area contributed by atoms with Gasteiger partial charge in [-0.1, -0.05) is 41.9 Å². The van der Waals surface area contributed by atoms with E-state index in [1.54, 1.807) is 6.07 Å². The molecule has 0 aliphatic carbocycles. The van der Waals surface area contributed by atoms with Crippen molar-refractivity contribution < 1.29 is 0 Å². The Morgan fingerprint density at radius 2 is 1.78 bits per heavy atom. The van der Waals surface area contributed by atoms with Crippen LogP contribution >= 0.6 is 11.6 Å². The van der Waals surface area contributed by atoms with E-state index in [9.17, 15) is 0 Å². The second-order valence-corrected chi connectivity index (χ2v) is 4.55. The standard InChI is InChI=1S/C15H11ClN2/c16-15-7-11(17)5-6-13(15)14-9-18-8-10-3-1-2-4-12(10)14/h1-9H,17H2. The second-order valence-electron chi connectivity index (χ2n) is 4.15. The number of nitrogens with two attached hydrogens (primary N) is 1. The molecule has 1 heterocycles. The van der Waals surface area contributed by atoms with Gasteiger partial charge in [-0.25, -0.2) is 0 Å². The summed E-state index contributed by atoms with van der Waals surface area (Å²) in [7, 11) is 0. The molecule has 0 spiro atoms. The van der Waals surface area contributed by atoms with Crippen molar-refractivity contribution in [2.24, 2.45) is 0 Å². The van der Waals surface area contributed by atoms with E-state index in [2.05, 4.69) is 11.1 Å². The van der Waals surface area contributed by atoms with Crippen molar-refractivity contribution in [2.45, 2.75) is 0 Å². The van der Waals surface area contributed by atoms with Gasteiger partial charge in [0.2, 0.25) is 0 Å². The number of nitrogens with zero attached hydrogens (tertiary/aromatic N) is 1. The highest BCUT2D eigenvalue weighted by molar-refractivity contribution is 6.34. The zero-order chi connectivity index (χ0) is 12.5. The zero-order valence-corrected chi connectivity index (χ0v) is 10.4. The molecule has 0 bridgehead atoms. The van der Waals surface area contributed by atoms with Crippen LogP contribution in [-0.2, 0) is 0 Å². The van der Waals surface area contributed by atoms with Crippen LogP contribution in [0.15, 0.2) is 54.9 Å². The molecule has 2 nitrogen and oxygen atoms in total. The van der Waals surface area contributed by atoms with Crippen LogP contribution in [0.3, 0.4) is 0 Å². The Balaban J connectivity index is 2.31. The highest BCUT2D eigenvalue weighted by Crippen LogP contribution is 2.33. The fourth-order valence-electron chi connectivity index (χ4n) is 2.08. The van der Waals surface area contributed by atoms with E-state index < -0.39 is 0 Å². The molecule has 0 radical (unpaired) electrons. The number of anilines is 1. The Hall–Kier alpha value is -2.06. The van der Waals surface area contributed by atoms with Crippen molar-refractivity contribution in [3.63, 3.8) is 0 Å². The number of aromatic nitrogens is 1. The fourth-order valence-corrected chi connectivity index (χ4v) is 2.37. The van der Waals surface area contributed by atoms with Gasteiger partial charge in [0.05, 0.1) is 5.02 Å². The minimum atomic E-state index is 0.646. The van der Waals surface area contributed by atoms with E-state index in [-0.39, 0.29) is 0 Å². The summed E-state index contributed by atoms with van der Waals surface area (Å²) in [5.74, 6) is 0. The van der Waals surface area contributed by atoms with Crippen molar-refractivity contribution in [3.8, 4) is 11.1 Å². The van der Waals surface area contributed by atoms with Crippen LogP contribution < -0.4 is 5.73 Å². The van der Waals surface area contributed by atoms with E-state index in [1.807, 2.05) is 42.7 Å². The van der Waals surface area contributed by atoms with E-state index in [0.29, 0.717) is 10.7 Å². The van der Waals surface area contributed by atoms with Crippen LogP contribution in [0.25, 0.3) is 21.9 Å². The van der Waals surface area contributed by atoms with Crippen LogP contribution in [-0.4, -0.2) is 4.98 Å². The predicted octanol–water partition coefficient (Wildman–Crippen LogP) is 4.14. The van der Waals surface area contributed by atoms with Crippen molar-refractivity contribution in [3.05, 3.63) is 59.9 Å². The number of halogens is 1. The maximum Gasteiger partial charge on any atom is 0.0505 e. The number of nitrogen functional groups attached to an aromatic ring is 1. The molecule has 0 amide bonds. The van der Waals surface area contributed by atoms with Crippen LogP contribution in [0.2, 0.25) is 5.02 Å². The smallest absolute Gasteiger partial charge is 0.0505 e. The minimum absolute atomic E-state index is 0.646. The summed E-state index contributed by atoms with van der Waals surface area (Å²) in [6.45, 7) is 0. The molecule has 0 fully saturated rings. The van der Waals surface area contributed by atoms with E-state index >= 15 is 0 Å². The molecule has 0 atom stereocenters. The van der Waals surface area contributed by atoms with Gasteiger partial charge in [-0.3, -0.25) is 4.98 Å². The van der Waals surface area contributed by atoms with Crippen molar-refractivity contribution in [1.29, 1.82) is 0 Å². The lowest BCUT2D eigenvalue weighted by atomic mass is 10.0. The van der Waals surface area contributed by atoms with Crippen LogP contribution in [0.1, 0.15) is 0 Å². The average Bonchev–Trinajstić information content (AvgIpc) is 2.38. The highest BCUT2D eigenvalue weighted by Gasteiger charge is 2.07. The zero-order valence-electron chi connectivity index (χ0n) is 9.60. The summed E-state index contributed by atoms with van der Waals surface area (Å²) in [6, 6.07) is 13.7. The van der Waals surface area contributed by atoms with Gasteiger partial charge >= 0.3 is 0 Å². The first-order chi connectivity index (χ1) is 8.75. The molecule has 18 heavy (non-hydrogen) atoms. The van der Waals surface area contributed by atoms with Crippen LogP contribution in [0.4, 0.5) is 5.69 Å². The summed E-state index contributed by atoms with van der Waals surface area (Å²) in [5, 5.41) is 2.88. The Kier molecular flexibility index (Phi) is 2.65. The number of rotatable bonds is 1. The van der Waals surface area contributed by atoms with Crippen molar-refractivity contribution >= 4 is 28.1 Å². The predicted molar refractivity (Wildman–Crippen MR) is 76.6 cm³/mol. The quantitative estimate of drug-likeness (QED) is 0.663. The molecule has 2 N–H and O–H groups in total. The SMILES string of the molecule is Nc1ccc(-c2cncc3ccccc23)c(Cl)c1. The molecular formula is C15H11ClN2. The number of benzene rings is 2. The number of fused-ring (bicyclic) bond motifs is 1. The third kappa shape index (κ3) is 1.81. The second kappa shape index (κ2) is 4.31. The van der Waals surface area contributed by atoms with Gasteiger partial charge < -0.3 is 5.73 Å². The Morgan fingerprint density at radius 3 is 2.61 bits per heavy atom. The van der Waals surface area contributed by atoms with Crippen molar-refractivity contribution in [2.75, 3.05) is 5.73 Å². The van der Waals surface area contributed by atoms with Gasteiger partial charge in [-0.15, -0.1) is 0 Å². The molecule has 0 unspecified atom stereocenters. The van der Waals surface area contributed by atoms with E-state index in [0.717, 1.165) is 21.9 Å². The normalized spacial score (nSPS) is 10.7. The first kappa shape index (κ1) is 11.1. The average molecular weight is 255 g/mol. The van der Waals surface area contributed by atoms with Crippen LogP contribution in [0.5, 0.6) is 0 Å². The number of hydrogen-bond donors (Lipinski definition) is 1. The maximum atomic E-state index is 6.26. The molecule has 1 aromatic heterocycles. The van der Waals surface area contributed by atoms with E-state index in [1.165, 1.54) is 0 Å². The first-order valence-electron chi connectivity index (χ1n) is 5.64. The third-order valence-corrected chi connectivity index (χ3v) is 3.26. The molecule has 0 aliphatic rings. The van der Waals surface area contributed by atoms with Gasteiger partial charge in [0.25, 0.3) is 0 Å². The first-order valence-corrected chi connectivity index (χ1v) is 6.01. The van der Waals surface area contributed by atoms with Crippen molar-refractivity contribution in [1.82, 2.24) is 4.98 Å². The Bertz CT molecular complexity index is 717. The molecule has 0 aliphatic heterocycles. The summed E-state index contributed by atoms with van der Waals surface area (Å²) in [4.78, 5) is 4.26. The van der Waals surface area contributed by atoms with Gasteiger partial charge in [-0.2, -0.15) is 0 Å². The Labute approximate surface area is 110 Å². The maximum absolute atomic E-state index is 6.26. The van der Waals surface area contributed by atoms with Gasteiger partial charge in [0.15, 0.2) is 0 Å². The molecule has 0 saturated carbocycles. The topological polar surface area (TPSA) is 38.9 Å². The molecular weight excluding hydrogens is 244 g/mol. The summed E-state index contributed by atoms with van der Waals surface area (Å²) >= 11 is 6.26. The molecule has 2 aromatic carbocycles. The van der Waals surface area contributed by atoms with Gasteiger partial charge in [-0.05, 0) is 17.5 Å². The Morgan fingerprint density at radius 1 is 0.944 bits per heavy atom. The summed E-state index contributed by atoms with van der Waals surface area (Å²) < 4.78 is 0. The summed E-state index contributed by atoms with van der Waals surface area (Å²) in [6.07, 6.45) is 3.68. The summed E-state index contributed by atoms with van der Waals surface area (Å²) in [5.41, 5.74) is 8.36. The molecule has 3 aromatic rings. The van der Waals surface area contributed by atoms with Gasteiger partial charge in [0.1, 0.15) is 0 Å². The lowest BCUT2D eigenvalue weighted by molar-refractivity contribution is 1.36. The molecule has 0 saturated heterocycles. The van der Waals surface area contributed by atoms with E-state index in [4.69, 9.17) is 17.3 Å². The largest absolute Gasteiger partial charge is 0.399 e. The lowest BCUT2D eigenvalue weighted by Crippen LogP contribution is -1.88. The minimum Gasteiger partial charge on any atom is -0.399 e. The highest BCUT2D eigenvalue weighted by atomic mass is 35.5. The van der Waals surface area contributed by atoms with Gasteiger partial charge in [0, 0.05) is 34.6 Å².